The van der Waals surface area contributed by atoms with Crippen LogP contribution in [0.25, 0.3) is 15.9 Å². The van der Waals surface area contributed by atoms with Crippen LogP contribution in [0.5, 0.6) is 0 Å². The number of fused-ring (bicyclic) bond motifs is 5. The Hall–Kier alpha value is -0.830. The summed E-state index contributed by atoms with van der Waals surface area (Å²) in [5.41, 5.74) is 2.13. The second-order valence-corrected chi connectivity index (χ2v) is 11.9. The van der Waals surface area contributed by atoms with Crippen LogP contribution in [0.3, 0.4) is 0 Å². The van der Waals surface area contributed by atoms with Gasteiger partial charge in [0, 0.05) is 21.8 Å². The molecule has 3 aromatic heterocycles. The van der Waals surface area contributed by atoms with Crippen LogP contribution < -0.4 is 0 Å². The third-order valence-corrected chi connectivity index (χ3v) is 7.20. The van der Waals surface area contributed by atoms with E-state index in [-0.39, 0.29) is 5.60 Å². The molecule has 140 valence electrons. The van der Waals surface area contributed by atoms with E-state index in [1.54, 1.807) is 34.9 Å². The molecule has 0 unspecified atom stereocenters. The topological polar surface area (TPSA) is 52.3 Å². The lowest BCUT2D eigenvalue weighted by molar-refractivity contribution is -0.0379. The molecule has 0 saturated heterocycles. The zero-order valence-electron chi connectivity index (χ0n) is 16.0. The summed E-state index contributed by atoms with van der Waals surface area (Å²) in [4.78, 5) is 7.37. The van der Waals surface area contributed by atoms with Crippen molar-refractivity contribution < 1.29 is 4.74 Å². The van der Waals surface area contributed by atoms with Gasteiger partial charge in [-0.1, -0.05) is 51.2 Å². The smallest absolute Gasteiger partial charge is 0.197 e. The number of aromatic nitrogens is 4. The van der Waals surface area contributed by atoms with Crippen LogP contribution in [0.1, 0.15) is 52.0 Å². The molecule has 0 N–H and O–H groups in total. The Morgan fingerprint density at radius 3 is 2.46 bits per heavy atom. The molecule has 0 aromatic carbocycles. The second-order valence-electron chi connectivity index (χ2n) is 7.78. The molecule has 0 saturated carbocycles. The molecule has 4 heterocycles. The number of thioether (sulfide) groups is 2. The van der Waals surface area contributed by atoms with Gasteiger partial charge in [0.05, 0.1) is 17.6 Å². The maximum atomic E-state index is 6.02. The predicted molar refractivity (Wildman–Crippen MR) is 111 cm³/mol. The highest BCUT2D eigenvalue weighted by molar-refractivity contribution is 8.00. The van der Waals surface area contributed by atoms with Gasteiger partial charge in [0.25, 0.3) is 0 Å². The Balaban J connectivity index is 2.00. The van der Waals surface area contributed by atoms with Gasteiger partial charge in [-0.3, -0.25) is 0 Å². The van der Waals surface area contributed by atoms with E-state index in [1.807, 2.05) is 0 Å². The third kappa shape index (κ3) is 3.25. The number of thiophene rings is 1. The normalized spacial score (nSPS) is 16.9. The first-order valence-corrected chi connectivity index (χ1v) is 11.5. The molecule has 1 aliphatic heterocycles. The van der Waals surface area contributed by atoms with Gasteiger partial charge in [0.15, 0.2) is 16.0 Å². The van der Waals surface area contributed by atoms with Gasteiger partial charge in [-0.25, -0.2) is 9.38 Å². The van der Waals surface area contributed by atoms with Crippen molar-refractivity contribution in [3.63, 3.8) is 0 Å². The third-order valence-electron chi connectivity index (χ3n) is 4.20. The summed E-state index contributed by atoms with van der Waals surface area (Å²) in [5, 5.41) is 13.1. The summed E-state index contributed by atoms with van der Waals surface area (Å²) < 4.78 is 8.18. The standard InChI is InChI=1S/C18H24N4OS3/c1-9(2)24-16-19-15-13(11-7-18(5,6)23-8-12(11)26-15)14-20-21-17(22(14)16)25-10(3)4/h9-10H,7-8H2,1-6H3. The van der Waals surface area contributed by atoms with Crippen molar-refractivity contribution in [1.29, 1.82) is 0 Å². The van der Waals surface area contributed by atoms with Gasteiger partial charge in [-0.15, -0.1) is 21.5 Å². The summed E-state index contributed by atoms with van der Waals surface area (Å²) in [6.07, 6.45) is 0.885. The van der Waals surface area contributed by atoms with Gasteiger partial charge in [-0.05, 0) is 19.4 Å². The fourth-order valence-corrected chi connectivity index (χ4v) is 6.01. The minimum absolute atomic E-state index is 0.154. The minimum atomic E-state index is -0.154. The quantitative estimate of drug-likeness (QED) is 0.437. The van der Waals surface area contributed by atoms with E-state index in [1.165, 1.54) is 10.4 Å². The molecular weight excluding hydrogens is 384 g/mol. The highest BCUT2D eigenvalue weighted by Crippen LogP contribution is 2.42. The molecule has 0 atom stereocenters. The van der Waals surface area contributed by atoms with Crippen LogP contribution in [-0.2, 0) is 17.8 Å². The maximum Gasteiger partial charge on any atom is 0.197 e. The average Bonchev–Trinajstić information content (AvgIpc) is 3.06. The Bertz CT molecular complexity index is 974. The minimum Gasteiger partial charge on any atom is -0.370 e. The molecule has 5 nitrogen and oxygen atoms in total. The molecule has 3 aromatic rings. The van der Waals surface area contributed by atoms with Crippen LogP contribution in [0, 0.1) is 0 Å². The van der Waals surface area contributed by atoms with Crippen molar-refractivity contribution in [2.45, 2.75) is 81.0 Å². The van der Waals surface area contributed by atoms with Gasteiger partial charge in [-0.2, -0.15) is 0 Å². The van der Waals surface area contributed by atoms with Crippen molar-refractivity contribution in [2.24, 2.45) is 0 Å². The van der Waals surface area contributed by atoms with Crippen LogP contribution >= 0.6 is 34.9 Å². The fourth-order valence-electron chi connectivity index (χ4n) is 3.17. The number of rotatable bonds is 4. The van der Waals surface area contributed by atoms with Crippen molar-refractivity contribution in [3.8, 4) is 0 Å². The summed E-state index contributed by atoms with van der Waals surface area (Å²) in [6, 6.07) is 0. The van der Waals surface area contributed by atoms with Crippen LogP contribution in [0.2, 0.25) is 0 Å². The summed E-state index contributed by atoms with van der Waals surface area (Å²) in [5.74, 6) is 0. The number of nitrogens with zero attached hydrogens (tertiary/aromatic N) is 4. The van der Waals surface area contributed by atoms with E-state index in [2.05, 4.69) is 56.1 Å². The van der Waals surface area contributed by atoms with E-state index in [0.29, 0.717) is 17.1 Å². The van der Waals surface area contributed by atoms with Crippen molar-refractivity contribution in [3.05, 3.63) is 10.4 Å². The zero-order valence-corrected chi connectivity index (χ0v) is 18.4. The lowest BCUT2D eigenvalue weighted by Gasteiger charge is -2.30. The second kappa shape index (κ2) is 6.65. The fraction of sp³-hybridized carbons (Fsp3) is 0.611. The van der Waals surface area contributed by atoms with Crippen molar-refractivity contribution in [1.82, 2.24) is 19.6 Å². The van der Waals surface area contributed by atoms with E-state index in [0.717, 1.165) is 32.6 Å². The van der Waals surface area contributed by atoms with Gasteiger partial charge < -0.3 is 4.74 Å². The van der Waals surface area contributed by atoms with Gasteiger partial charge in [0.1, 0.15) is 4.83 Å². The van der Waals surface area contributed by atoms with E-state index in [9.17, 15) is 0 Å². The Morgan fingerprint density at radius 2 is 1.77 bits per heavy atom. The Kier molecular flexibility index (Phi) is 4.74. The molecule has 1 aliphatic rings. The molecule has 0 fully saturated rings. The van der Waals surface area contributed by atoms with Crippen LogP contribution in [0.15, 0.2) is 10.3 Å². The summed E-state index contributed by atoms with van der Waals surface area (Å²) in [7, 11) is 0. The monoisotopic (exact) mass is 408 g/mol. The number of hydrogen-bond acceptors (Lipinski definition) is 7. The molecule has 0 amide bonds. The molecule has 0 spiro atoms. The average molecular weight is 409 g/mol. The van der Waals surface area contributed by atoms with Crippen LogP contribution in [-0.4, -0.2) is 35.7 Å². The van der Waals surface area contributed by atoms with E-state index in [4.69, 9.17) is 9.72 Å². The van der Waals surface area contributed by atoms with E-state index >= 15 is 0 Å². The molecule has 0 radical (unpaired) electrons. The highest BCUT2D eigenvalue weighted by atomic mass is 32.2. The molecule has 0 bridgehead atoms. The van der Waals surface area contributed by atoms with Crippen LogP contribution in [0.4, 0.5) is 0 Å². The summed E-state index contributed by atoms with van der Waals surface area (Å²) in [6.45, 7) is 13.7. The zero-order chi connectivity index (χ0) is 18.6. The van der Waals surface area contributed by atoms with Gasteiger partial charge >= 0.3 is 0 Å². The number of hydrogen-bond donors (Lipinski definition) is 0. The molecule has 8 heteroatoms. The lowest BCUT2D eigenvalue weighted by Crippen LogP contribution is -2.31. The SMILES string of the molecule is CC(C)Sc1nnc2c3c4c(sc3nc(SC(C)C)n12)COC(C)(C)C4. The predicted octanol–water partition coefficient (Wildman–Crippen LogP) is 5.19. The summed E-state index contributed by atoms with van der Waals surface area (Å²) >= 11 is 5.25. The maximum absolute atomic E-state index is 6.02. The largest absolute Gasteiger partial charge is 0.370 e. The first kappa shape index (κ1) is 18.5. The number of ether oxygens (including phenoxy) is 1. The van der Waals surface area contributed by atoms with Gasteiger partial charge in [0.2, 0.25) is 0 Å². The first-order chi connectivity index (χ1) is 12.2. The highest BCUT2D eigenvalue weighted by Gasteiger charge is 2.31. The van der Waals surface area contributed by atoms with Crippen molar-refractivity contribution >= 4 is 50.7 Å². The molecule has 0 aliphatic carbocycles. The Morgan fingerprint density at radius 1 is 1.08 bits per heavy atom. The van der Waals surface area contributed by atoms with E-state index < -0.39 is 0 Å². The molecule has 26 heavy (non-hydrogen) atoms. The first-order valence-electron chi connectivity index (χ1n) is 8.92. The molecule has 4 rings (SSSR count). The van der Waals surface area contributed by atoms with Crippen molar-refractivity contribution in [2.75, 3.05) is 0 Å². The Labute approximate surface area is 166 Å². The lowest BCUT2D eigenvalue weighted by atomic mass is 9.94. The molecular formula is C18H24N4OS3.